The fourth-order valence-electron chi connectivity index (χ4n) is 1.40. The topological polar surface area (TPSA) is 45.4 Å². The molecular formula is C11H20N2O3. The maximum atomic E-state index is 11.8. The number of nitrogens with zero attached hydrogens (tertiary/aromatic N) is 2. The van der Waals surface area contributed by atoms with Gasteiger partial charge in [-0.3, -0.25) is 9.13 Å². The molecule has 0 fully saturated rings. The summed E-state index contributed by atoms with van der Waals surface area (Å²) < 4.78 is 13.5. The Morgan fingerprint density at radius 2 is 2.00 bits per heavy atom. The first kappa shape index (κ1) is 13.0. The summed E-state index contributed by atoms with van der Waals surface area (Å²) in [5.41, 5.74) is 0.0188. The minimum absolute atomic E-state index is 0.0188. The molecule has 92 valence electrons. The second-order valence-corrected chi connectivity index (χ2v) is 3.88. The molecule has 0 atom stereocenters. The van der Waals surface area contributed by atoms with Crippen molar-refractivity contribution in [1.82, 2.24) is 9.13 Å². The van der Waals surface area contributed by atoms with Gasteiger partial charge in [-0.25, -0.2) is 4.79 Å². The lowest BCUT2D eigenvalue weighted by Gasteiger charge is -2.05. The predicted molar refractivity (Wildman–Crippen MR) is 61.8 cm³/mol. The van der Waals surface area contributed by atoms with Crippen molar-refractivity contribution in [2.24, 2.45) is 0 Å². The largest absolute Gasteiger partial charge is 0.382 e. The fourth-order valence-corrected chi connectivity index (χ4v) is 1.40. The molecule has 0 aliphatic carbocycles. The van der Waals surface area contributed by atoms with Crippen LogP contribution in [0.3, 0.4) is 0 Å². The van der Waals surface area contributed by atoms with Gasteiger partial charge in [0.15, 0.2) is 0 Å². The Morgan fingerprint density at radius 1 is 1.25 bits per heavy atom. The molecule has 0 bridgehead atoms. The molecule has 0 unspecified atom stereocenters. The van der Waals surface area contributed by atoms with Crippen LogP contribution in [0.1, 0.15) is 19.9 Å². The van der Waals surface area contributed by atoms with Crippen molar-refractivity contribution in [1.29, 1.82) is 0 Å². The van der Waals surface area contributed by atoms with Gasteiger partial charge in [0.1, 0.15) is 0 Å². The summed E-state index contributed by atoms with van der Waals surface area (Å²) in [5.74, 6) is 0. The Kier molecular flexibility index (Phi) is 5.28. The van der Waals surface area contributed by atoms with Crippen LogP contribution in [0.4, 0.5) is 0 Å². The molecule has 16 heavy (non-hydrogen) atoms. The third kappa shape index (κ3) is 3.50. The van der Waals surface area contributed by atoms with E-state index in [1.165, 1.54) is 0 Å². The minimum atomic E-state index is 0.0188. The van der Waals surface area contributed by atoms with Crippen LogP contribution in [0.15, 0.2) is 17.2 Å². The van der Waals surface area contributed by atoms with Crippen LogP contribution in [0.2, 0.25) is 0 Å². The zero-order valence-corrected chi connectivity index (χ0v) is 10.2. The maximum absolute atomic E-state index is 11.8. The monoisotopic (exact) mass is 228 g/mol. The number of ether oxygens (including phenoxy) is 2. The number of rotatable bonds is 7. The molecule has 0 saturated heterocycles. The molecule has 5 heteroatoms. The van der Waals surface area contributed by atoms with Gasteiger partial charge in [0.25, 0.3) is 0 Å². The second-order valence-electron chi connectivity index (χ2n) is 3.88. The summed E-state index contributed by atoms with van der Waals surface area (Å²) in [7, 11) is 1.64. The zero-order chi connectivity index (χ0) is 12.0. The van der Waals surface area contributed by atoms with Crippen molar-refractivity contribution in [2.45, 2.75) is 26.4 Å². The lowest BCUT2D eigenvalue weighted by atomic mass is 10.4. The highest BCUT2D eigenvalue weighted by Gasteiger charge is 2.05. The molecule has 0 aliphatic heterocycles. The average molecular weight is 228 g/mol. The van der Waals surface area contributed by atoms with E-state index in [9.17, 15) is 4.79 Å². The van der Waals surface area contributed by atoms with Crippen LogP contribution in [-0.4, -0.2) is 36.1 Å². The third-order valence-electron chi connectivity index (χ3n) is 2.34. The van der Waals surface area contributed by atoms with Gasteiger partial charge in [-0.2, -0.15) is 0 Å². The number of methoxy groups -OCH3 is 1. The summed E-state index contributed by atoms with van der Waals surface area (Å²) in [5, 5.41) is 0. The van der Waals surface area contributed by atoms with Crippen molar-refractivity contribution in [2.75, 3.05) is 26.9 Å². The zero-order valence-electron chi connectivity index (χ0n) is 10.2. The van der Waals surface area contributed by atoms with Crippen molar-refractivity contribution >= 4 is 0 Å². The first-order valence-corrected chi connectivity index (χ1v) is 5.50. The Bertz CT molecular complexity index is 354. The summed E-state index contributed by atoms with van der Waals surface area (Å²) >= 11 is 0. The van der Waals surface area contributed by atoms with E-state index < -0.39 is 0 Å². The van der Waals surface area contributed by atoms with Gasteiger partial charge in [-0.15, -0.1) is 0 Å². The Hall–Kier alpha value is -1.07. The van der Waals surface area contributed by atoms with E-state index in [2.05, 4.69) is 0 Å². The Morgan fingerprint density at radius 3 is 2.56 bits per heavy atom. The maximum Gasteiger partial charge on any atom is 0.328 e. The second kappa shape index (κ2) is 6.50. The molecule has 0 radical (unpaired) electrons. The fraction of sp³-hybridized carbons (Fsp3) is 0.727. The average Bonchev–Trinajstić information content (AvgIpc) is 2.60. The van der Waals surface area contributed by atoms with Crippen molar-refractivity contribution in [3.8, 4) is 0 Å². The van der Waals surface area contributed by atoms with Crippen LogP contribution in [0, 0.1) is 0 Å². The molecule has 0 saturated carbocycles. The van der Waals surface area contributed by atoms with Crippen LogP contribution in [0.5, 0.6) is 0 Å². The molecule has 1 heterocycles. The number of imidazole rings is 1. The first-order valence-electron chi connectivity index (χ1n) is 5.50. The van der Waals surface area contributed by atoms with E-state index >= 15 is 0 Å². The van der Waals surface area contributed by atoms with E-state index in [0.717, 1.165) is 0 Å². The minimum Gasteiger partial charge on any atom is -0.382 e. The molecule has 0 aliphatic rings. The highest BCUT2D eigenvalue weighted by Crippen LogP contribution is 1.98. The predicted octanol–water partition coefficient (Wildman–Crippen LogP) is 0.894. The highest BCUT2D eigenvalue weighted by atomic mass is 16.5. The molecule has 1 aromatic rings. The smallest absolute Gasteiger partial charge is 0.328 e. The Labute approximate surface area is 95.6 Å². The summed E-state index contributed by atoms with van der Waals surface area (Å²) in [4.78, 5) is 11.8. The third-order valence-corrected chi connectivity index (χ3v) is 2.34. The van der Waals surface area contributed by atoms with Gasteiger partial charge < -0.3 is 9.47 Å². The lowest BCUT2D eigenvalue weighted by molar-refractivity contribution is 0.0662. The molecule has 0 amide bonds. The van der Waals surface area contributed by atoms with Crippen molar-refractivity contribution < 1.29 is 9.47 Å². The summed E-state index contributed by atoms with van der Waals surface area (Å²) in [6.07, 6.45) is 3.60. The van der Waals surface area contributed by atoms with Crippen LogP contribution >= 0.6 is 0 Å². The first-order chi connectivity index (χ1) is 7.66. The molecule has 0 aromatic carbocycles. The molecule has 1 rings (SSSR count). The summed E-state index contributed by atoms with van der Waals surface area (Å²) in [6.45, 7) is 6.24. The summed E-state index contributed by atoms with van der Waals surface area (Å²) in [6, 6.07) is 0.197. The van der Waals surface area contributed by atoms with E-state index in [4.69, 9.17) is 9.47 Å². The van der Waals surface area contributed by atoms with E-state index in [1.807, 2.05) is 20.0 Å². The van der Waals surface area contributed by atoms with Crippen LogP contribution < -0.4 is 5.69 Å². The number of aromatic nitrogens is 2. The molecule has 0 N–H and O–H groups in total. The highest BCUT2D eigenvalue weighted by molar-refractivity contribution is 4.83. The molecule has 0 spiro atoms. The van der Waals surface area contributed by atoms with Gasteiger partial charge in [0.05, 0.1) is 26.4 Å². The van der Waals surface area contributed by atoms with Gasteiger partial charge >= 0.3 is 5.69 Å². The number of hydrogen-bond acceptors (Lipinski definition) is 3. The standard InChI is InChI=1S/C11H20N2O3/c1-10(2)13-5-4-12(11(13)14)6-7-16-9-8-15-3/h4-5,10H,6-9H2,1-3H3. The molecular weight excluding hydrogens is 208 g/mol. The number of hydrogen-bond donors (Lipinski definition) is 0. The van der Waals surface area contributed by atoms with E-state index in [0.29, 0.717) is 26.4 Å². The van der Waals surface area contributed by atoms with Gasteiger partial charge in [-0.1, -0.05) is 0 Å². The SMILES string of the molecule is COCCOCCn1ccn(C(C)C)c1=O. The van der Waals surface area contributed by atoms with Crippen LogP contribution in [0.25, 0.3) is 0 Å². The van der Waals surface area contributed by atoms with Crippen LogP contribution in [-0.2, 0) is 16.0 Å². The Balaban J connectivity index is 2.40. The van der Waals surface area contributed by atoms with Crippen molar-refractivity contribution in [3.63, 3.8) is 0 Å². The van der Waals surface area contributed by atoms with E-state index in [-0.39, 0.29) is 11.7 Å². The lowest BCUT2D eigenvalue weighted by Crippen LogP contribution is -2.26. The molecule has 1 aromatic heterocycles. The van der Waals surface area contributed by atoms with Gasteiger partial charge in [-0.05, 0) is 13.8 Å². The normalized spacial score (nSPS) is 11.2. The quantitative estimate of drug-likeness (QED) is 0.651. The van der Waals surface area contributed by atoms with Crippen molar-refractivity contribution in [3.05, 3.63) is 22.9 Å². The van der Waals surface area contributed by atoms with Gasteiger partial charge in [0, 0.05) is 25.5 Å². The van der Waals surface area contributed by atoms with E-state index in [1.54, 1.807) is 22.4 Å². The van der Waals surface area contributed by atoms with Gasteiger partial charge in [0.2, 0.25) is 0 Å². The molecule has 5 nitrogen and oxygen atoms in total.